The second-order valence-electron chi connectivity index (χ2n) is 7.17. The van der Waals surface area contributed by atoms with Crippen molar-refractivity contribution in [3.8, 4) is 0 Å². The molecule has 1 aromatic heterocycles. The average Bonchev–Trinajstić information content (AvgIpc) is 2.67. The maximum Gasteiger partial charge on any atom is 0.259 e. The third-order valence-corrected chi connectivity index (χ3v) is 4.35. The van der Waals surface area contributed by atoms with Gasteiger partial charge in [0.2, 0.25) is 5.43 Å². The van der Waals surface area contributed by atoms with Crippen LogP contribution in [0.3, 0.4) is 0 Å². The predicted octanol–water partition coefficient (Wildman–Crippen LogP) is 2.92. The lowest BCUT2D eigenvalue weighted by molar-refractivity contribution is 0.0750. The number of pyridine rings is 1. The van der Waals surface area contributed by atoms with Crippen LogP contribution in [-0.4, -0.2) is 34.4 Å². The number of hydrogen-bond donors (Lipinski definition) is 1. The number of benzene rings is 1. The molecule has 28 heavy (non-hydrogen) atoms. The molecule has 0 bridgehead atoms. The smallest absolute Gasteiger partial charge is 0.259 e. The standard InChI is InChI=1S/C22H29N3O3/c1-5-23-21(27)18-14-24(12-16(3)4)15-19(20(18)26)22(28)25(6-2)13-17-10-8-7-9-11-17/h7-11,14-16H,5-6,12-13H2,1-4H3,(H,23,27). The molecule has 6 heteroatoms. The lowest BCUT2D eigenvalue weighted by Crippen LogP contribution is -2.37. The van der Waals surface area contributed by atoms with Gasteiger partial charge in [0, 0.05) is 38.6 Å². The maximum atomic E-state index is 13.2. The molecule has 0 spiro atoms. The Morgan fingerprint density at radius 1 is 1.07 bits per heavy atom. The first-order valence-electron chi connectivity index (χ1n) is 9.72. The minimum Gasteiger partial charge on any atom is -0.352 e. The number of aromatic nitrogens is 1. The summed E-state index contributed by atoms with van der Waals surface area (Å²) < 4.78 is 1.76. The van der Waals surface area contributed by atoms with Gasteiger partial charge in [-0.25, -0.2) is 0 Å². The second-order valence-corrected chi connectivity index (χ2v) is 7.17. The van der Waals surface area contributed by atoms with Gasteiger partial charge in [0.25, 0.3) is 11.8 Å². The number of hydrogen-bond acceptors (Lipinski definition) is 3. The van der Waals surface area contributed by atoms with Gasteiger partial charge in [-0.1, -0.05) is 44.2 Å². The number of amides is 2. The number of nitrogens with one attached hydrogen (secondary N) is 1. The van der Waals surface area contributed by atoms with Gasteiger partial charge in [-0.2, -0.15) is 0 Å². The third-order valence-electron chi connectivity index (χ3n) is 4.35. The van der Waals surface area contributed by atoms with E-state index in [1.54, 1.807) is 22.6 Å². The van der Waals surface area contributed by atoms with Gasteiger partial charge in [0.1, 0.15) is 11.1 Å². The van der Waals surface area contributed by atoms with E-state index in [0.29, 0.717) is 32.1 Å². The summed E-state index contributed by atoms with van der Waals surface area (Å²) in [4.78, 5) is 40.0. The lowest BCUT2D eigenvalue weighted by Gasteiger charge is -2.22. The van der Waals surface area contributed by atoms with Crippen LogP contribution in [0.1, 0.15) is 54.0 Å². The summed E-state index contributed by atoms with van der Waals surface area (Å²) in [6.07, 6.45) is 3.11. The lowest BCUT2D eigenvalue weighted by atomic mass is 10.1. The van der Waals surface area contributed by atoms with Crippen LogP contribution in [0.15, 0.2) is 47.5 Å². The van der Waals surface area contributed by atoms with Gasteiger partial charge in [-0.15, -0.1) is 0 Å². The molecule has 1 N–H and O–H groups in total. The Labute approximate surface area is 166 Å². The molecule has 0 unspecified atom stereocenters. The van der Waals surface area contributed by atoms with Crippen molar-refractivity contribution in [3.05, 3.63) is 69.6 Å². The zero-order valence-corrected chi connectivity index (χ0v) is 17.1. The van der Waals surface area contributed by atoms with Crippen molar-refractivity contribution in [2.45, 2.75) is 40.8 Å². The first kappa shape index (κ1) is 21.4. The molecule has 0 radical (unpaired) electrons. The van der Waals surface area contributed by atoms with E-state index in [1.807, 2.05) is 51.1 Å². The molecule has 1 aromatic carbocycles. The Bertz CT molecular complexity index is 872. The third kappa shape index (κ3) is 5.31. The van der Waals surface area contributed by atoms with Crippen LogP contribution in [0.25, 0.3) is 0 Å². The zero-order chi connectivity index (χ0) is 20.7. The SMILES string of the molecule is CCNC(=O)c1cn(CC(C)C)cc(C(=O)N(CC)Cc2ccccc2)c1=O. The maximum absolute atomic E-state index is 13.2. The first-order chi connectivity index (χ1) is 13.4. The van der Waals surface area contributed by atoms with Crippen LogP contribution in [0.4, 0.5) is 0 Å². The molecule has 0 fully saturated rings. The van der Waals surface area contributed by atoms with E-state index in [0.717, 1.165) is 5.56 Å². The highest BCUT2D eigenvalue weighted by molar-refractivity contribution is 5.99. The second kappa shape index (κ2) is 9.88. The molecular formula is C22H29N3O3. The number of nitrogens with zero attached hydrogens (tertiary/aromatic N) is 2. The highest BCUT2D eigenvalue weighted by Crippen LogP contribution is 2.10. The number of carbonyl (C=O) groups excluding carboxylic acids is 2. The Morgan fingerprint density at radius 2 is 1.71 bits per heavy atom. The van der Waals surface area contributed by atoms with E-state index in [4.69, 9.17) is 0 Å². The van der Waals surface area contributed by atoms with E-state index in [9.17, 15) is 14.4 Å². The Balaban J connectivity index is 2.45. The highest BCUT2D eigenvalue weighted by atomic mass is 16.2. The van der Waals surface area contributed by atoms with E-state index >= 15 is 0 Å². The predicted molar refractivity (Wildman–Crippen MR) is 110 cm³/mol. The van der Waals surface area contributed by atoms with Gasteiger partial charge >= 0.3 is 0 Å². The molecular weight excluding hydrogens is 354 g/mol. The summed E-state index contributed by atoms with van der Waals surface area (Å²) in [5.41, 5.74) is 0.494. The van der Waals surface area contributed by atoms with Gasteiger partial charge < -0.3 is 14.8 Å². The highest BCUT2D eigenvalue weighted by Gasteiger charge is 2.23. The fourth-order valence-electron chi connectivity index (χ4n) is 3.03. The minimum atomic E-state index is -0.525. The van der Waals surface area contributed by atoms with Crippen LogP contribution in [-0.2, 0) is 13.1 Å². The van der Waals surface area contributed by atoms with Gasteiger partial charge in [-0.05, 0) is 25.3 Å². The van der Waals surface area contributed by atoms with Crippen molar-refractivity contribution in [3.63, 3.8) is 0 Å². The number of carbonyl (C=O) groups is 2. The molecule has 0 atom stereocenters. The Hall–Kier alpha value is -2.89. The van der Waals surface area contributed by atoms with Crippen LogP contribution in [0.2, 0.25) is 0 Å². The average molecular weight is 383 g/mol. The van der Waals surface area contributed by atoms with Crippen molar-refractivity contribution in [2.24, 2.45) is 5.92 Å². The van der Waals surface area contributed by atoms with Crippen molar-refractivity contribution in [1.82, 2.24) is 14.8 Å². The normalized spacial score (nSPS) is 10.8. The molecule has 0 saturated heterocycles. The van der Waals surface area contributed by atoms with E-state index < -0.39 is 11.3 Å². The molecule has 0 saturated carbocycles. The van der Waals surface area contributed by atoms with Crippen LogP contribution >= 0.6 is 0 Å². The fraction of sp³-hybridized carbons (Fsp3) is 0.409. The van der Waals surface area contributed by atoms with Crippen molar-refractivity contribution >= 4 is 11.8 Å². The molecule has 150 valence electrons. The molecule has 0 aliphatic carbocycles. The molecule has 1 heterocycles. The van der Waals surface area contributed by atoms with Crippen molar-refractivity contribution < 1.29 is 9.59 Å². The van der Waals surface area contributed by atoms with Gasteiger partial charge in [0.15, 0.2) is 0 Å². The summed E-state index contributed by atoms with van der Waals surface area (Å²) in [5.74, 6) is -0.509. The quantitative estimate of drug-likeness (QED) is 0.762. The zero-order valence-electron chi connectivity index (χ0n) is 17.1. The van der Waals surface area contributed by atoms with Crippen LogP contribution in [0, 0.1) is 5.92 Å². The van der Waals surface area contributed by atoms with E-state index in [-0.39, 0.29) is 17.0 Å². The van der Waals surface area contributed by atoms with Gasteiger partial charge in [-0.3, -0.25) is 14.4 Å². The summed E-state index contributed by atoms with van der Waals surface area (Å²) in [5, 5.41) is 2.66. The van der Waals surface area contributed by atoms with E-state index in [1.165, 1.54) is 6.20 Å². The van der Waals surface area contributed by atoms with Crippen molar-refractivity contribution in [1.29, 1.82) is 0 Å². The largest absolute Gasteiger partial charge is 0.352 e. The molecule has 2 aromatic rings. The van der Waals surface area contributed by atoms with Crippen LogP contribution < -0.4 is 10.7 Å². The molecule has 2 amide bonds. The molecule has 0 aliphatic heterocycles. The molecule has 0 aliphatic rings. The summed E-state index contributed by atoms with van der Waals surface area (Å²) >= 11 is 0. The monoisotopic (exact) mass is 383 g/mol. The van der Waals surface area contributed by atoms with Gasteiger partial charge in [0.05, 0.1) is 0 Å². The summed E-state index contributed by atoms with van der Waals surface area (Å²) in [7, 11) is 0. The number of rotatable bonds is 8. The minimum absolute atomic E-state index is 0.00381. The Kier molecular flexibility index (Phi) is 7.55. The first-order valence-corrected chi connectivity index (χ1v) is 9.72. The molecule has 2 rings (SSSR count). The van der Waals surface area contributed by atoms with Crippen molar-refractivity contribution in [2.75, 3.05) is 13.1 Å². The summed E-state index contributed by atoms with van der Waals surface area (Å²) in [6, 6.07) is 9.64. The topological polar surface area (TPSA) is 71.4 Å². The molecule has 6 nitrogen and oxygen atoms in total. The fourth-order valence-corrected chi connectivity index (χ4v) is 3.03. The Morgan fingerprint density at radius 3 is 2.29 bits per heavy atom. The van der Waals surface area contributed by atoms with E-state index in [2.05, 4.69) is 5.32 Å². The van der Waals surface area contributed by atoms with Crippen LogP contribution in [0.5, 0.6) is 0 Å². The summed E-state index contributed by atoms with van der Waals surface area (Å²) in [6.45, 7) is 9.64.